The van der Waals surface area contributed by atoms with Crippen LogP contribution in [-0.2, 0) is 4.74 Å². The van der Waals surface area contributed by atoms with Crippen LogP contribution in [-0.4, -0.2) is 56.3 Å². The minimum Gasteiger partial charge on any atom is -0.383 e. The predicted molar refractivity (Wildman–Crippen MR) is 64.7 cm³/mol. The molecule has 0 radical (unpaired) electrons. The van der Waals surface area contributed by atoms with E-state index in [1.54, 1.807) is 19.4 Å². The van der Waals surface area contributed by atoms with Gasteiger partial charge in [0.05, 0.1) is 6.61 Å². The summed E-state index contributed by atoms with van der Waals surface area (Å²) in [6.45, 7) is 5.18. The van der Waals surface area contributed by atoms with E-state index in [0.717, 1.165) is 39.3 Å². The quantitative estimate of drug-likeness (QED) is 0.783. The second kappa shape index (κ2) is 5.93. The van der Waals surface area contributed by atoms with Crippen molar-refractivity contribution >= 4 is 5.82 Å². The van der Waals surface area contributed by atoms with Crippen LogP contribution in [0.25, 0.3) is 0 Å². The molecule has 0 N–H and O–H groups in total. The van der Waals surface area contributed by atoms with Gasteiger partial charge in [0.1, 0.15) is 0 Å². The number of aromatic nitrogens is 1. The normalized spacial score (nSPS) is 17.4. The number of nitrogens with zero attached hydrogens (tertiary/aromatic N) is 3. The number of methoxy groups -OCH3 is 1. The molecule has 17 heavy (non-hydrogen) atoms. The maximum absolute atomic E-state index is 13.5. The lowest BCUT2D eigenvalue weighted by Gasteiger charge is -2.35. The topological polar surface area (TPSA) is 28.6 Å². The standard InChI is InChI=1S/C12H18FN3O/c1-17-10-9-15-5-7-16(8-6-15)12-11(13)3-2-4-14-12/h2-4H,5-10H2,1H3. The van der Waals surface area contributed by atoms with Gasteiger partial charge < -0.3 is 9.64 Å². The summed E-state index contributed by atoms with van der Waals surface area (Å²) < 4.78 is 18.6. The first kappa shape index (κ1) is 12.3. The van der Waals surface area contributed by atoms with Crippen LogP contribution in [0, 0.1) is 5.82 Å². The fourth-order valence-electron chi connectivity index (χ4n) is 2.01. The van der Waals surface area contributed by atoms with Crippen LogP contribution in [0.15, 0.2) is 18.3 Å². The number of pyridine rings is 1. The van der Waals surface area contributed by atoms with Crippen molar-refractivity contribution in [3.63, 3.8) is 0 Å². The molecule has 1 aromatic heterocycles. The molecular weight excluding hydrogens is 221 g/mol. The van der Waals surface area contributed by atoms with Crippen LogP contribution >= 0.6 is 0 Å². The number of ether oxygens (including phenoxy) is 1. The first-order chi connectivity index (χ1) is 8.31. The third-order valence-electron chi connectivity index (χ3n) is 3.02. The SMILES string of the molecule is COCCN1CCN(c2ncccc2F)CC1. The molecule has 0 amide bonds. The van der Waals surface area contributed by atoms with Crippen molar-refractivity contribution in [1.29, 1.82) is 0 Å². The van der Waals surface area contributed by atoms with Crippen molar-refractivity contribution < 1.29 is 9.13 Å². The second-order valence-electron chi connectivity index (χ2n) is 4.13. The molecule has 94 valence electrons. The summed E-state index contributed by atoms with van der Waals surface area (Å²) in [5.74, 6) is 0.233. The van der Waals surface area contributed by atoms with Gasteiger partial charge in [-0.3, -0.25) is 4.90 Å². The predicted octanol–water partition coefficient (Wildman–Crippen LogP) is 0.989. The van der Waals surface area contributed by atoms with Crippen molar-refractivity contribution in [3.8, 4) is 0 Å². The number of hydrogen-bond acceptors (Lipinski definition) is 4. The van der Waals surface area contributed by atoms with E-state index in [1.165, 1.54) is 6.07 Å². The molecule has 0 aromatic carbocycles. The third kappa shape index (κ3) is 3.14. The Morgan fingerprint density at radius 1 is 1.35 bits per heavy atom. The first-order valence-electron chi connectivity index (χ1n) is 5.88. The zero-order valence-electron chi connectivity index (χ0n) is 10.1. The first-order valence-corrected chi connectivity index (χ1v) is 5.88. The zero-order valence-corrected chi connectivity index (χ0v) is 10.1. The molecule has 1 aromatic rings. The molecule has 1 aliphatic rings. The van der Waals surface area contributed by atoms with Gasteiger partial charge in [0.25, 0.3) is 0 Å². The molecule has 2 rings (SSSR count). The van der Waals surface area contributed by atoms with E-state index in [9.17, 15) is 4.39 Å². The number of hydrogen-bond donors (Lipinski definition) is 0. The van der Waals surface area contributed by atoms with Gasteiger partial charge in [0, 0.05) is 46.0 Å². The average Bonchev–Trinajstić information content (AvgIpc) is 2.38. The summed E-state index contributed by atoms with van der Waals surface area (Å²) in [5, 5.41) is 0. The molecular formula is C12H18FN3O. The van der Waals surface area contributed by atoms with Crippen molar-refractivity contribution in [3.05, 3.63) is 24.1 Å². The minimum absolute atomic E-state index is 0.238. The van der Waals surface area contributed by atoms with Crippen LogP contribution in [0.1, 0.15) is 0 Å². The van der Waals surface area contributed by atoms with Crippen molar-refractivity contribution in [1.82, 2.24) is 9.88 Å². The van der Waals surface area contributed by atoms with Gasteiger partial charge in [-0.1, -0.05) is 0 Å². The van der Waals surface area contributed by atoms with Crippen LogP contribution in [0.4, 0.5) is 10.2 Å². The highest BCUT2D eigenvalue weighted by molar-refractivity contribution is 5.40. The Labute approximate surface area is 101 Å². The second-order valence-corrected chi connectivity index (χ2v) is 4.13. The summed E-state index contributed by atoms with van der Waals surface area (Å²) in [4.78, 5) is 8.42. The van der Waals surface area contributed by atoms with Gasteiger partial charge >= 0.3 is 0 Å². The van der Waals surface area contributed by atoms with E-state index in [2.05, 4.69) is 9.88 Å². The highest BCUT2D eigenvalue weighted by atomic mass is 19.1. The fraction of sp³-hybridized carbons (Fsp3) is 0.583. The number of rotatable bonds is 4. The van der Waals surface area contributed by atoms with Crippen molar-refractivity contribution in [2.45, 2.75) is 0 Å². The van der Waals surface area contributed by atoms with Gasteiger partial charge in [-0.15, -0.1) is 0 Å². The Morgan fingerprint density at radius 3 is 2.76 bits per heavy atom. The molecule has 1 fully saturated rings. The molecule has 0 saturated carbocycles. The lowest BCUT2D eigenvalue weighted by atomic mass is 10.3. The smallest absolute Gasteiger partial charge is 0.165 e. The Morgan fingerprint density at radius 2 is 2.12 bits per heavy atom. The van der Waals surface area contributed by atoms with Gasteiger partial charge in [-0.05, 0) is 12.1 Å². The molecule has 4 nitrogen and oxygen atoms in total. The van der Waals surface area contributed by atoms with Gasteiger partial charge in [0.2, 0.25) is 0 Å². The number of halogens is 1. The molecule has 0 bridgehead atoms. The maximum atomic E-state index is 13.5. The van der Waals surface area contributed by atoms with Crippen LogP contribution in [0.3, 0.4) is 0 Å². The molecule has 2 heterocycles. The minimum atomic E-state index is -0.238. The highest BCUT2D eigenvalue weighted by Gasteiger charge is 2.19. The van der Waals surface area contributed by atoms with Gasteiger partial charge in [-0.25, -0.2) is 9.37 Å². The molecule has 1 aliphatic heterocycles. The monoisotopic (exact) mass is 239 g/mol. The lowest BCUT2D eigenvalue weighted by Crippen LogP contribution is -2.47. The van der Waals surface area contributed by atoms with Gasteiger partial charge in [0.15, 0.2) is 11.6 Å². The maximum Gasteiger partial charge on any atom is 0.165 e. The lowest BCUT2D eigenvalue weighted by molar-refractivity contribution is 0.143. The Hall–Kier alpha value is -1.20. The molecule has 0 aliphatic carbocycles. The van der Waals surface area contributed by atoms with Crippen LogP contribution in [0.2, 0.25) is 0 Å². The summed E-state index contributed by atoms with van der Waals surface area (Å²) in [7, 11) is 1.71. The number of anilines is 1. The fourth-order valence-corrected chi connectivity index (χ4v) is 2.01. The third-order valence-corrected chi connectivity index (χ3v) is 3.02. The highest BCUT2D eigenvalue weighted by Crippen LogP contribution is 2.16. The van der Waals surface area contributed by atoms with E-state index in [0.29, 0.717) is 5.82 Å². The van der Waals surface area contributed by atoms with E-state index in [-0.39, 0.29) is 5.82 Å². The van der Waals surface area contributed by atoms with Crippen LogP contribution in [0.5, 0.6) is 0 Å². The van der Waals surface area contributed by atoms with Crippen molar-refractivity contribution in [2.24, 2.45) is 0 Å². The number of piperazine rings is 1. The Balaban J connectivity index is 1.89. The zero-order chi connectivity index (χ0) is 12.1. The van der Waals surface area contributed by atoms with E-state index >= 15 is 0 Å². The molecule has 1 saturated heterocycles. The van der Waals surface area contributed by atoms with E-state index in [1.807, 2.05) is 4.90 Å². The molecule has 0 unspecified atom stereocenters. The molecule has 0 atom stereocenters. The van der Waals surface area contributed by atoms with Crippen LogP contribution < -0.4 is 4.90 Å². The molecule has 0 spiro atoms. The van der Waals surface area contributed by atoms with Crippen molar-refractivity contribution in [2.75, 3.05) is 51.3 Å². The Kier molecular flexibility index (Phi) is 4.28. The summed E-state index contributed by atoms with van der Waals surface area (Å²) in [6.07, 6.45) is 1.63. The average molecular weight is 239 g/mol. The summed E-state index contributed by atoms with van der Waals surface area (Å²) >= 11 is 0. The van der Waals surface area contributed by atoms with E-state index < -0.39 is 0 Å². The van der Waals surface area contributed by atoms with E-state index in [4.69, 9.17) is 4.74 Å². The van der Waals surface area contributed by atoms with Gasteiger partial charge in [-0.2, -0.15) is 0 Å². The summed E-state index contributed by atoms with van der Waals surface area (Å²) in [5.41, 5.74) is 0. The Bertz CT molecular complexity index is 353. The largest absolute Gasteiger partial charge is 0.383 e. The molecule has 5 heteroatoms. The summed E-state index contributed by atoms with van der Waals surface area (Å²) in [6, 6.07) is 3.08.